The number of amides is 2. The minimum atomic E-state index is -1.31. The highest BCUT2D eigenvalue weighted by atomic mass is 32.2. The summed E-state index contributed by atoms with van der Waals surface area (Å²) in [5, 5.41) is 37.4. The van der Waals surface area contributed by atoms with Gasteiger partial charge in [0.1, 0.15) is 35.5 Å². The molecular weight excluding hydrogens is 562 g/mol. The van der Waals surface area contributed by atoms with E-state index in [2.05, 4.69) is 31.0 Å². The quantitative estimate of drug-likeness (QED) is 0.113. The van der Waals surface area contributed by atoms with Crippen LogP contribution in [0.5, 0.6) is 0 Å². The topological polar surface area (TPSA) is 228 Å². The molecule has 5 N–H and O–H groups in total. The van der Waals surface area contributed by atoms with E-state index in [1.54, 1.807) is 13.8 Å². The van der Waals surface area contributed by atoms with Gasteiger partial charge in [-0.25, -0.2) is 14.5 Å². The van der Waals surface area contributed by atoms with E-state index in [1.165, 1.54) is 17.1 Å². The van der Waals surface area contributed by atoms with Crippen LogP contribution in [-0.4, -0.2) is 98.8 Å². The van der Waals surface area contributed by atoms with Crippen molar-refractivity contribution in [3.63, 3.8) is 0 Å². The van der Waals surface area contributed by atoms with Crippen LogP contribution in [0.1, 0.15) is 19.5 Å². The van der Waals surface area contributed by atoms with Crippen molar-refractivity contribution < 1.29 is 34.2 Å². The third kappa shape index (κ3) is 5.73. The van der Waals surface area contributed by atoms with E-state index >= 15 is 0 Å². The zero-order valence-electron chi connectivity index (χ0n) is 19.8. The van der Waals surface area contributed by atoms with Crippen LogP contribution in [0.15, 0.2) is 27.0 Å². The van der Waals surface area contributed by atoms with Gasteiger partial charge < -0.3 is 26.1 Å². The van der Waals surface area contributed by atoms with Gasteiger partial charge in [0.15, 0.2) is 10.8 Å². The Morgan fingerprint density at radius 2 is 2.13 bits per heavy atom. The number of tetrazole rings is 1. The maximum absolute atomic E-state index is 13.0. The van der Waals surface area contributed by atoms with E-state index in [9.17, 15) is 24.3 Å². The maximum Gasteiger partial charge on any atom is 0.352 e. The van der Waals surface area contributed by atoms with Crippen molar-refractivity contribution in [2.45, 2.75) is 43.1 Å². The molecule has 19 heteroatoms. The predicted molar refractivity (Wildman–Crippen MR) is 135 cm³/mol. The van der Waals surface area contributed by atoms with Crippen molar-refractivity contribution in [1.29, 1.82) is 0 Å². The monoisotopic (exact) mass is 583 g/mol. The smallest absolute Gasteiger partial charge is 0.352 e. The van der Waals surface area contributed by atoms with Crippen molar-refractivity contribution in [3.05, 3.63) is 22.3 Å². The van der Waals surface area contributed by atoms with Crippen LogP contribution in [-0.2, 0) is 30.6 Å². The van der Waals surface area contributed by atoms with E-state index in [1.807, 2.05) is 0 Å². The number of hydrogen-bond donors (Lipinski definition) is 4. The summed E-state index contributed by atoms with van der Waals surface area (Å²) >= 11 is 3.43. The lowest BCUT2D eigenvalue weighted by molar-refractivity contribution is -0.150. The summed E-state index contributed by atoms with van der Waals surface area (Å²) in [7, 11) is 0. The fraction of sp³-hybridized carbons (Fsp3) is 0.421. The van der Waals surface area contributed by atoms with Gasteiger partial charge in [-0.3, -0.25) is 19.3 Å². The summed E-state index contributed by atoms with van der Waals surface area (Å²) in [4.78, 5) is 59.5. The van der Waals surface area contributed by atoms with Crippen molar-refractivity contribution in [2.24, 2.45) is 5.16 Å². The maximum atomic E-state index is 13.0. The Morgan fingerprint density at radius 1 is 1.37 bits per heavy atom. The van der Waals surface area contributed by atoms with E-state index in [0.29, 0.717) is 5.57 Å². The Morgan fingerprint density at radius 3 is 2.76 bits per heavy atom. The standard InChI is InChI=1S/C19H21N9O7S3/c1-7(2)35-24-11(9-6-37-18(20)21-9)14(31)22-12-15(32)28-13(17(33)34)8(4-36-16(12)28)5-38-19-23-25-26-27(19)3-10(29)30/h6-7,12,16H,3-5H2,1-2H3,(H2,20,21)(H,22,31)(H,29,30)(H,33,34)/t12?,16-/m1/s1. The van der Waals surface area contributed by atoms with Gasteiger partial charge in [0.25, 0.3) is 11.8 Å². The number of carboxylic acid groups (broad SMARTS) is 2. The lowest BCUT2D eigenvalue weighted by Crippen LogP contribution is -2.71. The van der Waals surface area contributed by atoms with Crippen LogP contribution < -0.4 is 11.1 Å². The normalized spacial score (nSPS) is 19.3. The predicted octanol–water partition coefficient (Wildman–Crippen LogP) is -0.544. The zero-order chi connectivity index (χ0) is 27.6. The number of nitrogens with two attached hydrogens (primary N) is 1. The van der Waals surface area contributed by atoms with Gasteiger partial charge in [0, 0.05) is 16.9 Å². The number of hydrogen-bond acceptors (Lipinski definition) is 14. The molecule has 0 bridgehead atoms. The highest BCUT2D eigenvalue weighted by Gasteiger charge is 2.54. The van der Waals surface area contributed by atoms with Crippen molar-refractivity contribution in [3.8, 4) is 0 Å². The zero-order valence-corrected chi connectivity index (χ0v) is 22.2. The van der Waals surface area contributed by atoms with Gasteiger partial charge >= 0.3 is 11.9 Å². The van der Waals surface area contributed by atoms with Crippen molar-refractivity contribution in [2.75, 3.05) is 17.2 Å². The summed E-state index contributed by atoms with van der Waals surface area (Å²) in [6.07, 6.45) is -0.322. The number of aromatic nitrogens is 5. The first-order valence-electron chi connectivity index (χ1n) is 10.8. The fourth-order valence-corrected chi connectivity index (χ4v) is 6.35. The summed E-state index contributed by atoms with van der Waals surface area (Å²) in [6.45, 7) is 3.00. The number of oxime groups is 1. The number of nitrogens with zero attached hydrogens (tertiary/aromatic N) is 7. The second kappa shape index (κ2) is 11.4. The lowest BCUT2D eigenvalue weighted by Gasteiger charge is -2.49. The first-order valence-corrected chi connectivity index (χ1v) is 13.7. The number of fused-ring (bicyclic) bond motifs is 1. The number of thiazole rings is 1. The van der Waals surface area contributed by atoms with Crippen LogP contribution in [0.2, 0.25) is 0 Å². The largest absolute Gasteiger partial charge is 0.480 e. The average molecular weight is 584 g/mol. The molecule has 1 unspecified atom stereocenters. The molecule has 0 aromatic carbocycles. The molecule has 2 aromatic rings. The number of carboxylic acids is 2. The average Bonchev–Trinajstić information content (AvgIpc) is 3.48. The van der Waals surface area contributed by atoms with Gasteiger partial charge in [-0.2, -0.15) is 0 Å². The van der Waals surface area contributed by atoms with Gasteiger partial charge in [-0.05, 0) is 29.8 Å². The van der Waals surface area contributed by atoms with Crippen molar-refractivity contribution in [1.82, 2.24) is 35.4 Å². The van der Waals surface area contributed by atoms with E-state index < -0.39 is 41.7 Å². The highest BCUT2D eigenvalue weighted by Crippen LogP contribution is 2.41. The fourth-order valence-electron chi connectivity index (χ4n) is 3.44. The number of anilines is 1. The molecule has 0 aliphatic carbocycles. The minimum absolute atomic E-state index is 0.108. The molecule has 2 amide bonds. The van der Waals surface area contributed by atoms with Crippen LogP contribution in [0.4, 0.5) is 5.13 Å². The molecule has 2 aliphatic heterocycles. The molecule has 4 rings (SSSR count). The molecule has 0 saturated carbocycles. The highest BCUT2D eigenvalue weighted by molar-refractivity contribution is 8.01. The number of thioether (sulfide) groups is 2. The molecule has 1 saturated heterocycles. The van der Waals surface area contributed by atoms with Crippen molar-refractivity contribution >= 4 is 69.5 Å². The van der Waals surface area contributed by atoms with Gasteiger partial charge in [0.05, 0.1) is 0 Å². The Labute approximate surface area is 226 Å². The molecule has 0 radical (unpaired) electrons. The molecule has 2 aromatic heterocycles. The number of aliphatic carboxylic acids is 2. The Hall–Kier alpha value is -3.71. The molecule has 16 nitrogen and oxygen atoms in total. The minimum Gasteiger partial charge on any atom is -0.480 e. The van der Waals surface area contributed by atoms with Crippen LogP contribution in [0.25, 0.3) is 0 Å². The second-order valence-electron chi connectivity index (χ2n) is 8.08. The number of β-lactam (4-membered cyclic amide) rings is 1. The van der Waals surface area contributed by atoms with E-state index in [0.717, 1.165) is 32.7 Å². The molecule has 1 fully saturated rings. The third-order valence-corrected chi connectivity index (χ3v) is 8.09. The third-order valence-electron chi connectivity index (χ3n) is 5.03. The molecule has 202 valence electrons. The SMILES string of the molecule is CC(C)ON=C(C(=O)NC1C(=O)N2C(C(=O)O)=C(CSc3nnnn3CC(=O)O)CS[C@H]12)c1csc(N)n1. The number of carbonyl (C=O) groups excluding carboxylic acids is 2. The molecule has 0 spiro atoms. The Kier molecular flexibility index (Phi) is 8.17. The van der Waals surface area contributed by atoms with Gasteiger partial charge in [0.2, 0.25) is 5.16 Å². The first kappa shape index (κ1) is 27.3. The van der Waals surface area contributed by atoms with E-state index in [4.69, 9.17) is 15.7 Å². The summed E-state index contributed by atoms with van der Waals surface area (Å²) in [6, 6.07) is -1.00. The second-order valence-corrected chi connectivity index (χ2v) is 11.0. The lowest BCUT2D eigenvalue weighted by atomic mass is 10.0. The molecular formula is C19H21N9O7S3. The van der Waals surface area contributed by atoms with Gasteiger partial charge in [-0.1, -0.05) is 16.9 Å². The Balaban J connectivity index is 1.49. The summed E-state index contributed by atoms with van der Waals surface area (Å²) in [5.41, 5.74) is 5.93. The first-order chi connectivity index (χ1) is 18.1. The van der Waals surface area contributed by atoms with Crippen LogP contribution in [0.3, 0.4) is 0 Å². The molecule has 38 heavy (non-hydrogen) atoms. The van der Waals surface area contributed by atoms with Crippen LogP contribution >= 0.6 is 34.9 Å². The number of nitrogens with one attached hydrogen (secondary N) is 1. The van der Waals surface area contributed by atoms with E-state index in [-0.39, 0.29) is 45.0 Å². The Bertz CT molecular complexity index is 1340. The summed E-state index contributed by atoms with van der Waals surface area (Å²) in [5.74, 6) is -3.41. The number of carbonyl (C=O) groups is 4. The van der Waals surface area contributed by atoms with Gasteiger partial charge in [-0.15, -0.1) is 28.2 Å². The number of rotatable bonds is 11. The van der Waals surface area contributed by atoms with Crippen LogP contribution in [0, 0.1) is 0 Å². The summed E-state index contributed by atoms with van der Waals surface area (Å²) < 4.78 is 1.07. The number of nitrogen functional groups attached to an aromatic ring is 1. The molecule has 2 atom stereocenters. The molecule has 4 heterocycles. The molecule has 2 aliphatic rings.